The van der Waals surface area contributed by atoms with Crippen molar-refractivity contribution in [1.82, 2.24) is 0 Å². The van der Waals surface area contributed by atoms with E-state index in [9.17, 15) is 5.11 Å². The molecule has 1 aliphatic rings. The van der Waals surface area contributed by atoms with Gasteiger partial charge in [0, 0.05) is 0 Å². The monoisotopic (exact) mass is 308 g/mol. The third kappa shape index (κ3) is 2.99. The van der Waals surface area contributed by atoms with Gasteiger partial charge in [-0.2, -0.15) is 0 Å². The molecule has 1 aliphatic carbocycles. The maximum atomic E-state index is 9.19. The van der Waals surface area contributed by atoms with Crippen LogP contribution in [0.1, 0.15) is 24.0 Å². The van der Waals surface area contributed by atoms with Crippen LogP contribution < -0.4 is 0 Å². The number of aryl methyl sites for hydroxylation is 2. The van der Waals surface area contributed by atoms with Gasteiger partial charge in [0.15, 0.2) is 0 Å². The van der Waals surface area contributed by atoms with Crippen molar-refractivity contribution in [2.75, 3.05) is 0 Å². The molecule has 0 radical (unpaired) electrons. The largest absolute Gasteiger partial charge is 0.508 e. The molecule has 74 valence electrons. The van der Waals surface area contributed by atoms with E-state index in [0.717, 1.165) is 6.42 Å². The van der Waals surface area contributed by atoms with Crippen LogP contribution in [0.3, 0.4) is 0 Å². The number of fused-ring (bicyclic) bond motifs is 1. The number of halogens is 2. The SMILES string of the molecule is Br.Br.Oc1ccc2c(c1)CCCC2. The number of phenols is 1. The van der Waals surface area contributed by atoms with Crippen LogP contribution in [0.25, 0.3) is 0 Å². The van der Waals surface area contributed by atoms with Crippen LogP contribution in [-0.2, 0) is 12.8 Å². The molecule has 0 saturated heterocycles. The van der Waals surface area contributed by atoms with E-state index < -0.39 is 0 Å². The summed E-state index contributed by atoms with van der Waals surface area (Å²) >= 11 is 0. The maximum Gasteiger partial charge on any atom is 0.115 e. The summed E-state index contributed by atoms with van der Waals surface area (Å²) < 4.78 is 0. The molecule has 13 heavy (non-hydrogen) atoms. The first-order valence-corrected chi connectivity index (χ1v) is 4.17. The van der Waals surface area contributed by atoms with Gasteiger partial charge in [0.05, 0.1) is 0 Å². The smallest absolute Gasteiger partial charge is 0.115 e. The fourth-order valence-electron chi connectivity index (χ4n) is 1.72. The molecule has 1 N–H and O–H groups in total. The Morgan fingerprint density at radius 3 is 2.23 bits per heavy atom. The second-order valence-corrected chi connectivity index (χ2v) is 3.16. The predicted molar refractivity (Wildman–Crippen MR) is 65.4 cm³/mol. The van der Waals surface area contributed by atoms with Crippen LogP contribution in [-0.4, -0.2) is 5.11 Å². The maximum absolute atomic E-state index is 9.19. The molecule has 3 heteroatoms. The van der Waals surface area contributed by atoms with E-state index in [0.29, 0.717) is 5.75 Å². The van der Waals surface area contributed by atoms with E-state index >= 15 is 0 Å². The highest BCUT2D eigenvalue weighted by atomic mass is 79.9. The van der Waals surface area contributed by atoms with Gasteiger partial charge in [0.1, 0.15) is 5.75 Å². The molecule has 2 rings (SSSR count). The summed E-state index contributed by atoms with van der Waals surface area (Å²) in [5, 5.41) is 9.19. The van der Waals surface area contributed by atoms with E-state index in [1.54, 1.807) is 6.07 Å². The lowest BCUT2D eigenvalue weighted by molar-refractivity contribution is 0.473. The average Bonchev–Trinajstić information content (AvgIpc) is 2.04. The van der Waals surface area contributed by atoms with E-state index in [2.05, 4.69) is 0 Å². The van der Waals surface area contributed by atoms with E-state index in [1.807, 2.05) is 12.1 Å². The first-order chi connectivity index (χ1) is 5.36. The van der Waals surface area contributed by atoms with Crippen molar-refractivity contribution in [2.24, 2.45) is 0 Å². The Balaban J connectivity index is 0.000000720. The standard InChI is InChI=1S/C10H12O.2BrH/c11-10-6-5-8-3-1-2-4-9(8)7-10;;/h5-7,11H,1-4H2;2*1H. The lowest BCUT2D eigenvalue weighted by atomic mass is 9.92. The molecule has 1 aromatic carbocycles. The van der Waals surface area contributed by atoms with E-state index in [1.165, 1.54) is 30.4 Å². The molecule has 0 aliphatic heterocycles. The first kappa shape index (κ1) is 13.0. The minimum atomic E-state index is 0. The number of phenolic OH excluding ortho intramolecular Hbond substituents is 1. The van der Waals surface area contributed by atoms with Gasteiger partial charge in [-0.1, -0.05) is 6.07 Å². The lowest BCUT2D eigenvalue weighted by Crippen LogP contribution is -2.01. The number of rotatable bonds is 0. The molecular weight excluding hydrogens is 296 g/mol. The molecule has 0 amide bonds. The second-order valence-electron chi connectivity index (χ2n) is 3.16. The normalized spacial score (nSPS) is 13.5. The summed E-state index contributed by atoms with van der Waals surface area (Å²) in [7, 11) is 0. The Morgan fingerprint density at radius 2 is 1.54 bits per heavy atom. The van der Waals surface area contributed by atoms with Crippen LogP contribution in [0.2, 0.25) is 0 Å². The highest BCUT2D eigenvalue weighted by Crippen LogP contribution is 2.24. The van der Waals surface area contributed by atoms with Crippen molar-refractivity contribution in [3.8, 4) is 5.75 Å². The zero-order valence-corrected chi connectivity index (χ0v) is 10.8. The van der Waals surface area contributed by atoms with Crippen molar-refractivity contribution < 1.29 is 5.11 Å². The van der Waals surface area contributed by atoms with Crippen LogP contribution in [0.15, 0.2) is 18.2 Å². The average molecular weight is 310 g/mol. The highest BCUT2D eigenvalue weighted by Gasteiger charge is 2.08. The molecule has 0 saturated carbocycles. The van der Waals surface area contributed by atoms with Crippen molar-refractivity contribution in [2.45, 2.75) is 25.7 Å². The third-order valence-electron chi connectivity index (χ3n) is 2.33. The number of benzene rings is 1. The molecule has 0 heterocycles. The third-order valence-corrected chi connectivity index (χ3v) is 2.33. The predicted octanol–water partition coefficient (Wildman–Crippen LogP) is 3.43. The van der Waals surface area contributed by atoms with E-state index in [4.69, 9.17) is 0 Å². The van der Waals surface area contributed by atoms with Gasteiger partial charge in [-0.05, 0) is 48.9 Å². The highest BCUT2D eigenvalue weighted by molar-refractivity contribution is 8.93. The van der Waals surface area contributed by atoms with Gasteiger partial charge in [0.25, 0.3) is 0 Å². The van der Waals surface area contributed by atoms with Crippen LogP contribution >= 0.6 is 34.0 Å². The number of aromatic hydroxyl groups is 1. The summed E-state index contributed by atoms with van der Waals surface area (Å²) in [5.41, 5.74) is 2.77. The quantitative estimate of drug-likeness (QED) is 0.778. The second kappa shape index (κ2) is 5.66. The Bertz CT molecular complexity index is 274. The fourth-order valence-corrected chi connectivity index (χ4v) is 1.72. The Labute approximate surface area is 99.7 Å². The molecule has 0 bridgehead atoms. The Morgan fingerprint density at radius 1 is 0.923 bits per heavy atom. The molecule has 0 spiro atoms. The first-order valence-electron chi connectivity index (χ1n) is 4.17. The van der Waals surface area contributed by atoms with Crippen molar-refractivity contribution in [1.29, 1.82) is 0 Å². The molecule has 0 atom stereocenters. The number of hydrogen-bond donors (Lipinski definition) is 1. The van der Waals surface area contributed by atoms with Crippen molar-refractivity contribution in [3.05, 3.63) is 29.3 Å². The number of hydrogen-bond acceptors (Lipinski definition) is 1. The van der Waals surface area contributed by atoms with Gasteiger partial charge in [-0.15, -0.1) is 34.0 Å². The van der Waals surface area contributed by atoms with Gasteiger partial charge in [0.2, 0.25) is 0 Å². The van der Waals surface area contributed by atoms with Gasteiger partial charge >= 0.3 is 0 Å². The van der Waals surface area contributed by atoms with Gasteiger partial charge in [-0.3, -0.25) is 0 Å². The summed E-state index contributed by atoms with van der Waals surface area (Å²) in [6.45, 7) is 0. The zero-order valence-electron chi connectivity index (χ0n) is 7.32. The van der Waals surface area contributed by atoms with E-state index in [-0.39, 0.29) is 34.0 Å². The van der Waals surface area contributed by atoms with Crippen molar-refractivity contribution in [3.63, 3.8) is 0 Å². The Hall–Kier alpha value is -0.0200. The van der Waals surface area contributed by atoms with Gasteiger partial charge in [-0.25, -0.2) is 0 Å². The van der Waals surface area contributed by atoms with Gasteiger partial charge < -0.3 is 5.11 Å². The van der Waals surface area contributed by atoms with Crippen LogP contribution in [0, 0.1) is 0 Å². The lowest BCUT2D eigenvalue weighted by Gasteiger charge is -2.14. The molecule has 0 fully saturated rings. The minimum Gasteiger partial charge on any atom is -0.508 e. The molecule has 1 aromatic rings. The fraction of sp³-hybridized carbons (Fsp3) is 0.400. The van der Waals surface area contributed by atoms with Crippen molar-refractivity contribution >= 4 is 34.0 Å². The summed E-state index contributed by atoms with van der Waals surface area (Å²) in [6.07, 6.45) is 4.91. The zero-order chi connectivity index (χ0) is 7.68. The topological polar surface area (TPSA) is 20.2 Å². The summed E-state index contributed by atoms with van der Waals surface area (Å²) in [5.74, 6) is 0.408. The minimum absolute atomic E-state index is 0. The summed E-state index contributed by atoms with van der Waals surface area (Å²) in [6, 6.07) is 5.72. The molecule has 1 nitrogen and oxygen atoms in total. The van der Waals surface area contributed by atoms with Crippen LogP contribution in [0.5, 0.6) is 5.75 Å². The molecular formula is C10H14Br2O. The van der Waals surface area contributed by atoms with Crippen LogP contribution in [0.4, 0.5) is 0 Å². The molecule has 0 unspecified atom stereocenters. The Kier molecular flexibility index (Phi) is 5.65. The molecule has 0 aromatic heterocycles. The summed E-state index contributed by atoms with van der Waals surface area (Å²) in [4.78, 5) is 0.